The molecule has 1 saturated heterocycles. The van der Waals surface area contributed by atoms with Gasteiger partial charge in [-0.2, -0.15) is 4.98 Å². The Balaban J connectivity index is 1.49. The summed E-state index contributed by atoms with van der Waals surface area (Å²) in [5, 5.41) is 3.54. The summed E-state index contributed by atoms with van der Waals surface area (Å²) in [4.78, 5) is 12.5. The van der Waals surface area contributed by atoms with Crippen molar-refractivity contribution in [1.82, 2.24) is 9.97 Å². The minimum Gasteiger partial charge on any atom is -0.611 e. The first kappa shape index (κ1) is 17.4. The van der Waals surface area contributed by atoms with Crippen LogP contribution in [0.4, 0.5) is 11.8 Å². The van der Waals surface area contributed by atoms with Gasteiger partial charge in [0.2, 0.25) is 10.8 Å². The van der Waals surface area contributed by atoms with Gasteiger partial charge in [-0.25, -0.2) is 4.98 Å². The van der Waals surface area contributed by atoms with Gasteiger partial charge in [0, 0.05) is 38.8 Å². The van der Waals surface area contributed by atoms with Crippen LogP contribution in [0.5, 0.6) is 0 Å². The summed E-state index contributed by atoms with van der Waals surface area (Å²) in [6.07, 6.45) is 6.54. The van der Waals surface area contributed by atoms with Crippen molar-refractivity contribution in [2.24, 2.45) is 5.92 Å². The Kier molecular flexibility index (Phi) is 4.81. The van der Waals surface area contributed by atoms with E-state index in [1.165, 1.54) is 0 Å². The van der Waals surface area contributed by atoms with Crippen molar-refractivity contribution in [3.8, 4) is 0 Å². The predicted octanol–water partition coefficient (Wildman–Crippen LogP) is 2.36. The number of aromatic nitrogens is 2. The molecule has 0 aromatic carbocycles. The highest BCUT2D eigenvalue weighted by Crippen LogP contribution is 2.41. The number of anilines is 2. The molecule has 0 radical (unpaired) electrons. The van der Waals surface area contributed by atoms with Crippen LogP contribution in [0.3, 0.4) is 0 Å². The van der Waals surface area contributed by atoms with E-state index in [2.05, 4.69) is 24.2 Å². The van der Waals surface area contributed by atoms with E-state index in [9.17, 15) is 4.55 Å². The van der Waals surface area contributed by atoms with Crippen molar-refractivity contribution in [2.45, 2.75) is 55.9 Å². The Morgan fingerprint density at radius 1 is 1.32 bits per heavy atom. The molecule has 138 valence electrons. The SMILES string of the molecule is CN(CCC1CCOCC1)c1nc2c(c(NC3(C)CC3)n1)[S+]([O-])CC2. The summed E-state index contributed by atoms with van der Waals surface area (Å²) in [5.74, 6) is 2.97. The van der Waals surface area contributed by atoms with Crippen LogP contribution in [0, 0.1) is 5.92 Å². The lowest BCUT2D eigenvalue weighted by Crippen LogP contribution is -2.27. The average molecular weight is 365 g/mol. The van der Waals surface area contributed by atoms with Gasteiger partial charge in [0.05, 0.1) is 0 Å². The normalized spacial score (nSPS) is 24.8. The molecule has 3 aliphatic rings. The molecule has 1 aromatic heterocycles. The molecule has 0 spiro atoms. The summed E-state index contributed by atoms with van der Waals surface area (Å²) in [6, 6.07) is 0. The number of aryl methyl sites for hydroxylation is 1. The Labute approximate surface area is 152 Å². The number of fused-ring (bicyclic) bond motifs is 1. The van der Waals surface area contributed by atoms with E-state index in [1.807, 2.05) is 0 Å². The lowest BCUT2D eigenvalue weighted by molar-refractivity contribution is 0.0645. The highest BCUT2D eigenvalue weighted by Gasteiger charge is 2.41. The molecular formula is C18H28N4O2S. The second-order valence-electron chi connectivity index (χ2n) is 7.90. The molecular weight excluding hydrogens is 336 g/mol. The van der Waals surface area contributed by atoms with Gasteiger partial charge in [-0.1, -0.05) is 0 Å². The molecule has 2 fully saturated rings. The van der Waals surface area contributed by atoms with Gasteiger partial charge in [-0.15, -0.1) is 0 Å². The maximum Gasteiger partial charge on any atom is 0.227 e. The minimum atomic E-state index is -0.965. The quantitative estimate of drug-likeness (QED) is 0.781. The van der Waals surface area contributed by atoms with Crippen molar-refractivity contribution in [3.05, 3.63) is 5.69 Å². The maximum atomic E-state index is 12.4. The van der Waals surface area contributed by atoms with Crippen molar-refractivity contribution >= 4 is 22.9 Å². The third-order valence-electron chi connectivity index (χ3n) is 5.65. The second kappa shape index (κ2) is 6.93. The fourth-order valence-corrected chi connectivity index (χ4v) is 4.85. The first-order chi connectivity index (χ1) is 12.0. The lowest BCUT2D eigenvalue weighted by Gasteiger charge is -2.25. The molecule has 4 rings (SSSR count). The van der Waals surface area contributed by atoms with Crippen LogP contribution < -0.4 is 10.2 Å². The number of nitrogens with zero attached hydrogens (tertiary/aromatic N) is 3. The summed E-state index contributed by atoms with van der Waals surface area (Å²) >= 11 is -0.965. The first-order valence-corrected chi connectivity index (χ1v) is 10.7. The second-order valence-corrected chi connectivity index (χ2v) is 9.41. The fraction of sp³-hybridized carbons (Fsp3) is 0.778. The molecule has 25 heavy (non-hydrogen) atoms. The molecule has 3 heterocycles. The van der Waals surface area contributed by atoms with Gasteiger partial charge in [0.15, 0.2) is 5.82 Å². The van der Waals surface area contributed by atoms with E-state index in [0.29, 0.717) is 5.75 Å². The van der Waals surface area contributed by atoms with Gasteiger partial charge < -0.3 is 19.5 Å². The Bertz CT molecular complexity index is 632. The van der Waals surface area contributed by atoms with Crippen LogP contribution in [-0.4, -0.2) is 52.6 Å². The third kappa shape index (κ3) is 3.88. The maximum absolute atomic E-state index is 12.4. The van der Waals surface area contributed by atoms with Gasteiger partial charge in [-0.05, 0) is 56.1 Å². The van der Waals surface area contributed by atoms with Gasteiger partial charge in [0.1, 0.15) is 11.4 Å². The number of rotatable bonds is 6. The molecule has 7 heteroatoms. The Morgan fingerprint density at radius 2 is 2.08 bits per heavy atom. The van der Waals surface area contributed by atoms with Gasteiger partial charge in [-0.3, -0.25) is 0 Å². The van der Waals surface area contributed by atoms with Crippen LogP contribution in [-0.2, 0) is 22.3 Å². The van der Waals surface area contributed by atoms with Gasteiger partial charge in [0.25, 0.3) is 0 Å². The number of hydrogen-bond acceptors (Lipinski definition) is 6. The van der Waals surface area contributed by atoms with Crippen molar-refractivity contribution in [3.63, 3.8) is 0 Å². The number of ether oxygens (including phenoxy) is 1. The lowest BCUT2D eigenvalue weighted by atomic mass is 9.96. The van der Waals surface area contributed by atoms with E-state index < -0.39 is 11.2 Å². The van der Waals surface area contributed by atoms with E-state index in [-0.39, 0.29) is 5.54 Å². The largest absolute Gasteiger partial charge is 0.611 e. The molecule has 0 amide bonds. The number of hydrogen-bond donors (Lipinski definition) is 1. The molecule has 1 saturated carbocycles. The van der Waals surface area contributed by atoms with E-state index in [1.54, 1.807) is 0 Å². The molecule has 1 atom stereocenters. The summed E-state index contributed by atoms with van der Waals surface area (Å²) in [6.45, 7) is 4.93. The average Bonchev–Trinajstić information content (AvgIpc) is 3.22. The van der Waals surface area contributed by atoms with E-state index in [0.717, 1.165) is 86.6 Å². The molecule has 2 aliphatic heterocycles. The van der Waals surface area contributed by atoms with Crippen molar-refractivity contribution < 1.29 is 9.29 Å². The standard InChI is InChI=1S/C18H28N4O2S/c1-18(7-8-18)21-16-15-14(6-12-25(15)23)19-17(20-16)22(2)9-3-13-4-10-24-11-5-13/h13H,3-12H2,1-2H3,(H,19,20,21). The van der Waals surface area contributed by atoms with Crippen LogP contribution in [0.1, 0.15) is 44.7 Å². The molecule has 0 bridgehead atoms. The van der Waals surface area contributed by atoms with Crippen LogP contribution in [0.2, 0.25) is 0 Å². The van der Waals surface area contributed by atoms with Crippen molar-refractivity contribution in [1.29, 1.82) is 0 Å². The molecule has 1 aromatic rings. The summed E-state index contributed by atoms with van der Waals surface area (Å²) in [7, 11) is 2.07. The highest BCUT2D eigenvalue weighted by molar-refractivity contribution is 7.91. The third-order valence-corrected chi connectivity index (χ3v) is 7.11. The molecule has 6 nitrogen and oxygen atoms in total. The fourth-order valence-electron chi connectivity index (χ4n) is 3.55. The van der Waals surface area contributed by atoms with Crippen LogP contribution in [0.15, 0.2) is 4.90 Å². The smallest absolute Gasteiger partial charge is 0.227 e. The molecule has 1 N–H and O–H groups in total. The zero-order chi connectivity index (χ0) is 17.4. The first-order valence-electron chi connectivity index (χ1n) is 9.40. The zero-order valence-electron chi connectivity index (χ0n) is 15.2. The molecule has 1 unspecified atom stereocenters. The zero-order valence-corrected chi connectivity index (χ0v) is 16.0. The van der Waals surface area contributed by atoms with Crippen LogP contribution in [0.25, 0.3) is 0 Å². The van der Waals surface area contributed by atoms with E-state index >= 15 is 0 Å². The van der Waals surface area contributed by atoms with E-state index in [4.69, 9.17) is 14.7 Å². The van der Waals surface area contributed by atoms with Crippen molar-refractivity contribution in [2.75, 3.05) is 42.8 Å². The monoisotopic (exact) mass is 364 g/mol. The molecule has 1 aliphatic carbocycles. The highest BCUT2D eigenvalue weighted by atomic mass is 32.2. The Morgan fingerprint density at radius 3 is 2.80 bits per heavy atom. The summed E-state index contributed by atoms with van der Waals surface area (Å²) in [5.41, 5.74) is 1.08. The topological polar surface area (TPSA) is 73.3 Å². The van der Waals surface area contributed by atoms with Crippen LogP contribution >= 0.6 is 0 Å². The minimum absolute atomic E-state index is 0.118. The Hall–Kier alpha value is -1.05. The summed E-state index contributed by atoms with van der Waals surface area (Å²) < 4.78 is 17.8. The predicted molar refractivity (Wildman–Crippen MR) is 99.7 cm³/mol. The number of nitrogens with one attached hydrogen (secondary N) is 1. The van der Waals surface area contributed by atoms with Gasteiger partial charge >= 0.3 is 0 Å².